The van der Waals surface area contributed by atoms with E-state index >= 15 is 0 Å². The normalized spacial score (nSPS) is 10.8. The predicted molar refractivity (Wildman–Crippen MR) is 107 cm³/mol. The largest absolute Gasteiger partial charge is 0.298 e. The van der Waals surface area contributed by atoms with E-state index in [2.05, 4.69) is 16.8 Å². The standard InChI is InChI=1S/C18H14Cl3N3S/c1-2-8-24-17(13-6-7-15(20)16(21)10-13)22-23-18(24)25-11-12-4-3-5-14(19)9-12/h2-7,9-10H,1,8,11H2. The van der Waals surface area contributed by atoms with Gasteiger partial charge in [-0.05, 0) is 35.9 Å². The van der Waals surface area contributed by atoms with Crippen LogP contribution in [0.3, 0.4) is 0 Å². The van der Waals surface area contributed by atoms with Crippen molar-refractivity contribution < 1.29 is 0 Å². The minimum Gasteiger partial charge on any atom is -0.298 e. The number of halogens is 3. The maximum atomic E-state index is 6.13. The quantitative estimate of drug-likeness (QED) is 0.349. The predicted octanol–water partition coefficient (Wildman–Crippen LogP) is 6.38. The summed E-state index contributed by atoms with van der Waals surface area (Å²) in [5, 5.41) is 11.2. The highest BCUT2D eigenvalue weighted by molar-refractivity contribution is 7.98. The maximum Gasteiger partial charge on any atom is 0.192 e. The highest BCUT2D eigenvalue weighted by Gasteiger charge is 2.14. The van der Waals surface area contributed by atoms with Gasteiger partial charge in [-0.3, -0.25) is 4.57 Å². The Balaban J connectivity index is 1.88. The fraction of sp³-hybridized carbons (Fsp3) is 0.111. The number of hydrogen-bond donors (Lipinski definition) is 0. The van der Waals surface area contributed by atoms with Gasteiger partial charge < -0.3 is 0 Å². The van der Waals surface area contributed by atoms with Crippen molar-refractivity contribution in [3.05, 3.63) is 75.8 Å². The molecule has 128 valence electrons. The molecule has 0 radical (unpaired) electrons. The van der Waals surface area contributed by atoms with Crippen molar-refractivity contribution in [1.82, 2.24) is 14.8 Å². The lowest BCUT2D eigenvalue weighted by Gasteiger charge is -2.08. The molecule has 0 aliphatic carbocycles. The number of allylic oxidation sites excluding steroid dienone is 1. The lowest BCUT2D eigenvalue weighted by atomic mass is 10.2. The molecule has 2 aromatic carbocycles. The van der Waals surface area contributed by atoms with Crippen molar-refractivity contribution in [1.29, 1.82) is 0 Å². The average molecular weight is 411 g/mol. The summed E-state index contributed by atoms with van der Waals surface area (Å²) >= 11 is 19.8. The molecule has 0 aliphatic heterocycles. The number of thioether (sulfide) groups is 1. The third-order valence-electron chi connectivity index (χ3n) is 3.46. The van der Waals surface area contributed by atoms with Gasteiger partial charge >= 0.3 is 0 Å². The molecule has 0 bridgehead atoms. The van der Waals surface area contributed by atoms with E-state index < -0.39 is 0 Å². The summed E-state index contributed by atoms with van der Waals surface area (Å²) in [6, 6.07) is 13.2. The molecule has 3 nitrogen and oxygen atoms in total. The van der Waals surface area contributed by atoms with Gasteiger partial charge in [0.25, 0.3) is 0 Å². The van der Waals surface area contributed by atoms with E-state index in [-0.39, 0.29) is 0 Å². The number of nitrogens with zero attached hydrogens (tertiary/aromatic N) is 3. The van der Waals surface area contributed by atoms with Crippen LogP contribution in [0, 0.1) is 0 Å². The average Bonchev–Trinajstić information content (AvgIpc) is 2.99. The summed E-state index contributed by atoms with van der Waals surface area (Å²) in [7, 11) is 0. The van der Waals surface area contributed by atoms with E-state index in [1.54, 1.807) is 23.9 Å². The first-order valence-electron chi connectivity index (χ1n) is 7.45. The maximum absolute atomic E-state index is 6.13. The topological polar surface area (TPSA) is 30.7 Å². The molecule has 1 aromatic heterocycles. The van der Waals surface area contributed by atoms with E-state index in [0.717, 1.165) is 32.9 Å². The smallest absolute Gasteiger partial charge is 0.192 e. The van der Waals surface area contributed by atoms with Crippen LogP contribution in [0.5, 0.6) is 0 Å². The van der Waals surface area contributed by atoms with Crippen LogP contribution in [-0.4, -0.2) is 14.8 Å². The van der Waals surface area contributed by atoms with E-state index in [1.165, 1.54) is 0 Å². The fourth-order valence-corrected chi connectivity index (χ4v) is 3.71. The fourth-order valence-electron chi connectivity index (χ4n) is 2.31. The van der Waals surface area contributed by atoms with Gasteiger partial charge in [-0.1, -0.05) is 64.8 Å². The Labute approximate surface area is 165 Å². The summed E-state index contributed by atoms with van der Waals surface area (Å²) < 4.78 is 2.00. The Kier molecular flexibility index (Phi) is 6.07. The van der Waals surface area contributed by atoms with Crippen LogP contribution < -0.4 is 0 Å². The second kappa shape index (κ2) is 8.28. The first kappa shape index (κ1) is 18.3. The van der Waals surface area contributed by atoms with Gasteiger partial charge in [0.2, 0.25) is 0 Å². The minimum atomic E-state index is 0.487. The first-order valence-corrected chi connectivity index (χ1v) is 9.57. The molecule has 0 fully saturated rings. The van der Waals surface area contributed by atoms with Gasteiger partial charge in [-0.15, -0.1) is 16.8 Å². The lowest BCUT2D eigenvalue weighted by molar-refractivity contribution is 0.731. The van der Waals surface area contributed by atoms with Crippen LogP contribution in [-0.2, 0) is 12.3 Å². The number of aromatic nitrogens is 3. The molecule has 0 amide bonds. The van der Waals surface area contributed by atoms with Crippen LogP contribution in [0.4, 0.5) is 0 Å². The van der Waals surface area contributed by atoms with Gasteiger partial charge in [0.15, 0.2) is 11.0 Å². The molecule has 0 N–H and O–H groups in total. The monoisotopic (exact) mass is 409 g/mol. The Morgan fingerprint density at radius 1 is 1.04 bits per heavy atom. The molecule has 0 unspecified atom stereocenters. The highest BCUT2D eigenvalue weighted by atomic mass is 35.5. The van der Waals surface area contributed by atoms with E-state index in [1.807, 2.05) is 41.0 Å². The molecule has 3 aromatic rings. The minimum absolute atomic E-state index is 0.487. The van der Waals surface area contributed by atoms with E-state index in [4.69, 9.17) is 34.8 Å². The molecule has 25 heavy (non-hydrogen) atoms. The number of hydrogen-bond acceptors (Lipinski definition) is 3. The molecule has 1 heterocycles. The van der Waals surface area contributed by atoms with Crippen molar-refractivity contribution in [3.8, 4) is 11.4 Å². The van der Waals surface area contributed by atoms with Crippen molar-refractivity contribution >= 4 is 46.6 Å². The summed E-state index contributed by atoms with van der Waals surface area (Å²) in [6.45, 7) is 4.42. The van der Waals surface area contributed by atoms with Crippen molar-refractivity contribution in [2.75, 3.05) is 0 Å². The molecule has 0 aliphatic rings. The molecule has 7 heteroatoms. The van der Waals surface area contributed by atoms with Gasteiger partial charge in [0, 0.05) is 22.9 Å². The highest BCUT2D eigenvalue weighted by Crippen LogP contribution is 2.30. The Morgan fingerprint density at radius 2 is 1.88 bits per heavy atom. The van der Waals surface area contributed by atoms with Gasteiger partial charge in [0.05, 0.1) is 10.0 Å². The van der Waals surface area contributed by atoms with Crippen LogP contribution in [0.25, 0.3) is 11.4 Å². The molecular weight excluding hydrogens is 397 g/mol. The van der Waals surface area contributed by atoms with Gasteiger partial charge in [-0.25, -0.2) is 0 Å². The third-order valence-corrected chi connectivity index (χ3v) is 5.48. The molecule has 0 spiro atoms. The zero-order valence-corrected chi connectivity index (χ0v) is 16.2. The van der Waals surface area contributed by atoms with Crippen LogP contribution in [0.15, 0.2) is 60.3 Å². The van der Waals surface area contributed by atoms with Gasteiger partial charge in [-0.2, -0.15) is 0 Å². The molecular formula is C18H14Cl3N3S. The summed E-state index contributed by atoms with van der Waals surface area (Å²) in [5.74, 6) is 1.48. The summed E-state index contributed by atoms with van der Waals surface area (Å²) in [5.41, 5.74) is 1.99. The van der Waals surface area contributed by atoms with Crippen LogP contribution in [0.1, 0.15) is 5.56 Å². The Hall–Kier alpha value is -1.46. The van der Waals surface area contributed by atoms with Crippen LogP contribution >= 0.6 is 46.6 Å². The second-order valence-electron chi connectivity index (χ2n) is 5.25. The SMILES string of the molecule is C=CCn1c(SCc2cccc(Cl)c2)nnc1-c1ccc(Cl)c(Cl)c1. The number of rotatable bonds is 6. The Morgan fingerprint density at radius 3 is 2.60 bits per heavy atom. The van der Waals surface area contributed by atoms with Crippen molar-refractivity contribution in [3.63, 3.8) is 0 Å². The van der Waals surface area contributed by atoms with Crippen molar-refractivity contribution in [2.24, 2.45) is 0 Å². The summed E-state index contributed by atoms with van der Waals surface area (Å²) in [6.07, 6.45) is 1.81. The lowest BCUT2D eigenvalue weighted by Crippen LogP contribution is -2.00. The van der Waals surface area contributed by atoms with E-state index in [9.17, 15) is 0 Å². The zero-order valence-electron chi connectivity index (χ0n) is 13.1. The van der Waals surface area contributed by atoms with Crippen molar-refractivity contribution in [2.45, 2.75) is 17.5 Å². The molecule has 0 atom stereocenters. The van der Waals surface area contributed by atoms with Gasteiger partial charge in [0.1, 0.15) is 0 Å². The van der Waals surface area contributed by atoms with Crippen LogP contribution in [0.2, 0.25) is 15.1 Å². The molecule has 0 saturated heterocycles. The zero-order chi connectivity index (χ0) is 17.8. The molecule has 0 saturated carbocycles. The second-order valence-corrected chi connectivity index (χ2v) is 7.45. The third kappa shape index (κ3) is 4.39. The first-order chi connectivity index (χ1) is 12.1. The Bertz CT molecular complexity index is 908. The molecule has 3 rings (SSSR count). The van der Waals surface area contributed by atoms with E-state index in [0.29, 0.717) is 16.6 Å². The number of benzene rings is 2. The summed E-state index contributed by atoms with van der Waals surface area (Å²) in [4.78, 5) is 0.